The average molecular weight is 380 g/mol. The molecule has 10 heteroatoms. The summed E-state index contributed by atoms with van der Waals surface area (Å²) < 4.78 is 1.68. The highest BCUT2D eigenvalue weighted by molar-refractivity contribution is 6.32. The van der Waals surface area contributed by atoms with Gasteiger partial charge in [0.15, 0.2) is 5.82 Å². The van der Waals surface area contributed by atoms with Crippen LogP contribution in [-0.4, -0.2) is 43.0 Å². The first-order chi connectivity index (χ1) is 12.5. The largest absolute Gasteiger partial charge is 0.465 e. The maximum absolute atomic E-state index is 10.9. The van der Waals surface area contributed by atoms with Gasteiger partial charge >= 0.3 is 6.09 Å². The highest BCUT2D eigenvalue weighted by Crippen LogP contribution is 2.26. The minimum atomic E-state index is -0.987. The summed E-state index contributed by atoms with van der Waals surface area (Å²) in [6, 6.07) is 0.0223. The van der Waals surface area contributed by atoms with Gasteiger partial charge in [-0.05, 0) is 19.3 Å². The molecule has 0 aromatic carbocycles. The summed E-state index contributed by atoms with van der Waals surface area (Å²) in [5.74, 6) is 0.952. The van der Waals surface area contributed by atoms with Gasteiger partial charge in [0.05, 0.1) is 18.1 Å². The fourth-order valence-electron chi connectivity index (χ4n) is 3.13. The second kappa shape index (κ2) is 8.22. The molecule has 26 heavy (non-hydrogen) atoms. The summed E-state index contributed by atoms with van der Waals surface area (Å²) in [6.07, 6.45) is 8.54. The molecule has 9 nitrogen and oxygen atoms in total. The molecule has 0 spiro atoms. The smallest absolute Gasteiger partial charge is 0.404 e. The number of amides is 1. The molecule has 0 saturated heterocycles. The Balaban J connectivity index is 1.69. The van der Waals surface area contributed by atoms with Crippen LogP contribution < -0.4 is 16.0 Å². The number of aromatic nitrogens is 4. The van der Waals surface area contributed by atoms with Gasteiger partial charge in [0.25, 0.3) is 0 Å². The van der Waals surface area contributed by atoms with E-state index in [4.69, 9.17) is 16.7 Å². The molecule has 2 aromatic heterocycles. The van der Waals surface area contributed by atoms with Crippen LogP contribution >= 0.6 is 11.6 Å². The standard InChI is InChI=1S/C16H22ClN7O2/c1-24-9-12(7-19-24)21-15-18-8-13(17)14(23-15)20-10-4-2-3-5-11(6-10)22-16(25)26/h7-11,22H,2-6H2,1H3,(H,25,26)(H2,18,20,21,23)/t10-,11+/m1/s1. The molecule has 2 heterocycles. The maximum atomic E-state index is 10.9. The van der Waals surface area contributed by atoms with E-state index in [1.165, 1.54) is 0 Å². The van der Waals surface area contributed by atoms with Gasteiger partial charge in [-0.25, -0.2) is 9.78 Å². The Hall–Kier alpha value is -2.55. The molecule has 1 fully saturated rings. The lowest BCUT2D eigenvalue weighted by molar-refractivity contribution is 0.188. The molecule has 3 rings (SSSR count). The van der Waals surface area contributed by atoms with E-state index in [-0.39, 0.29) is 12.1 Å². The summed E-state index contributed by atoms with van der Waals surface area (Å²) >= 11 is 6.24. The molecule has 1 aliphatic carbocycles. The van der Waals surface area contributed by atoms with Gasteiger partial charge in [-0.2, -0.15) is 10.1 Å². The molecular formula is C16H22ClN7O2. The zero-order valence-corrected chi connectivity index (χ0v) is 15.2. The molecule has 0 unspecified atom stereocenters. The molecule has 2 atom stereocenters. The van der Waals surface area contributed by atoms with Crippen LogP contribution in [0.2, 0.25) is 5.02 Å². The van der Waals surface area contributed by atoms with Crippen molar-refractivity contribution in [2.24, 2.45) is 7.05 Å². The van der Waals surface area contributed by atoms with Crippen LogP contribution in [-0.2, 0) is 7.05 Å². The molecule has 0 bridgehead atoms. The van der Waals surface area contributed by atoms with Gasteiger partial charge in [-0.3, -0.25) is 4.68 Å². The topological polar surface area (TPSA) is 117 Å². The van der Waals surface area contributed by atoms with E-state index in [1.54, 1.807) is 17.1 Å². The minimum Gasteiger partial charge on any atom is -0.465 e. The SMILES string of the molecule is Cn1cc(Nc2ncc(Cl)c(N[C@@H]3CCCC[C@H](NC(=O)O)C3)n2)cn1. The lowest BCUT2D eigenvalue weighted by atomic mass is 10.1. The molecule has 0 aliphatic heterocycles. The van der Waals surface area contributed by atoms with Crippen LogP contribution in [0, 0.1) is 0 Å². The molecule has 140 valence electrons. The van der Waals surface area contributed by atoms with Crippen molar-refractivity contribution in [1.29, 1.82) is 0 Å². The summed E-state index contributed by atoms with van der Waals surface area (Å²) in [6.45, 7) is 0. The van der Waals surface area contributed by atoms with Crippen molar-refractivity contribution in [1.82, 2.24) is 25.1 Å². The molecule has 1 saturated carbocycles. The number of halogens is 1. The van der Waals surface area contributed by atoms with Crippen LogP contribution in [0.15, 0.2) is 18.6 Å². The third-order valence-corrected chi connectivity index (χ3v) is 4.57. The Bertz CT molecular complexity index is 767. The zero-order chi connectivity index (χ0) is 18.5. The van der Waals surface area contributed by atoms with Gasteiger partial charge < -0.3 is 21.1 Å². The van der Waals surface area contributed by atoms with E-state index >= 15 is 0 Å². The molecule has 0 radical (unpaired) electrons. The van der Waals surface area contributed by atoms with E-state index in [0.29, 0.717) is 23.2 Å². The number of hydrogen-bond acceptors (Lipinski definition) is 6. The van der Waals surface area contributed by atoms with Crippen molar-refractivity contribution in [2.75, 3.05) is 10.6 Å². The Kier molecular flexibility index (Phi) is 5.77. The summed E-state index contributed by atoms with van der Waals surface area (Å²) in [7, 11) is 1.83. The first kappa shape index (κ1) is 18.2. The Morgan fingerprint density at radius 2 is 2.08 bits per heavy atom. The van der Waals surface area contributed by atoms with Crippen molar-refractivity contribution < 1.29 is 9.90 Å². The summed E-state index contributed by atoms with van der Waals surface area (Å²) in [5.41, 5.74) is 0.779. The highest BCUT2D eigenvalue weighted by Gasteiger charge is 2.22. The van der Waals surface area contributed by atoms with Crippen LogP contribution in [0.3, 0.4) is 0 Å². The molecule has 4 N–H and O–H groups in total. The number of nitrogens with zero attached hydrogens (tertiary/aromatic N) is 4. The van der Waals surface area contributed by atoms with Crippen LogP contribution in [0.1, 0.15) is 32.1 Å². The number of nitrogens with one attached hydrogen (secondary N) is 3. The van der Waals surface area contributed by atoms with E-state index in [2.05, 4.69) is 31.0 Å². The maximum Gasteiger partial charge on any atom is 0.404 e. The van der Waals surface area contributed by atoms with E-state index in [0.717, 1.165) is 31.4 Å². The minimum absolute atomic E-state index is 0.0684. The van der Waals surface area contributed by atoms with Gasteiger partial charge in [0.2, 0.25) is 5.95 Å². The lowest BCUT2D eigenvalue weighted by Gasteiger charge is -2.22. The average Bonchev–Trinajstić information content (AvgIpc) is 2.85. The van der Waals surface area contributed by atoms with Gasteiger partial charge in [0, 0.05) is 25.3 Å². The normalized spacial score (nSPS) is 20.2. The van der Waals surface area contributed by atoms with Crippen molar-refractivity contribution in [2.45, 2.75) is 44.2 Å². The monoisotopic (exact) mass is 379 g/mol. The van der Waals surface area contributed by atoms with Gasteiger partial charge in [-0.15, -0.1) is 0 Å². The number of carboxylic acid groups (broad SMARTS) is 1. The second-order valence-electron chi connectivity index (χ2n) is 6.43. The van der Waals surface area contributed by atoms with Crippen LogP contribution in [0.25, 0.3) is 0 Å². The number of aryl methyl sites for hydroxylation is 1. The van der Waals surface area contributed by atoms with Crippen molar-refractivity contribution >= 4 is 35.1 Å². The fraction of sp³-hybridized carbons (Fsp3) is 0.500. The molecular weight excluding hydrogens is 358 g/mol. The Morgan fingerprint density at radius 3 is 2.77 bits per heavy atom. The number of anilines is 3. The molecule has 2 aromatic rings. The van der Waals surface area contributed by atoms with Crippen LogP contribution in [0.5, 0.6) is 0 Å². The van der Waals surface area contributed by atoms with Gasteiger partial charge in [-0.1, -0.05) is 24.4 Å². The van der Waals surface area contributed by atoms with Crippen molar-refractivity contribution in [3.05, 3.63) is 23.6 Å². The third kappa shape index (κ3) is 4.98. The fourth-order valence-corrected chi connectivity index (χ4v) is 3.28. The third-order valence-electron chi connectivity index (χ3n) is 4.30. The number of rotatable bonds is 5. The second-order valence-corrected chi connectivity index (χ2v) is 6.83. The van der Waals surface area contributed by atoms with Crippen molar-refractivity contribution in [3.63, 3.8) is 0 Å². The number of carbonyl (C=O) groups is 1. The first-order valence-corrected chi connectivity index (χ1v) is 8.91. The zero-order valence-electron chi connectivity index (χ0n) is 14.4. The Labute approximate surface area is 156 Å². The summed E-state index contributed by atoms with van der Waals surface area (Å²) in [4.78, 5) is 19.6. The van der Waals surface area contributed by atoms with E-state index in [9.17, 15) is 4.79 Å². The Morgan fingerprint density at radius 1 is 1.31 bits per heavy atom. The van der Waals surface area contributed by atoms with E-state index in [1.807, 2.05) is 13.2 Å². The number of hydrogen-bond donors (Lipinski definition) is 4. The highest BCUT2D eigenvalue weighted by atomic mass is 35.5. The molecule has 1 aliphatic rings. The van der Waals surface area contributed by atoms with Crippen LogP contribution in [0.4, 0.5) is 22.2 Å². The quantitative estimate of drug-likeness (QED) is 0.590. The molecule has 1 amide bonds. The van der Waals surface area contributed by atoms with Crippen molar-refractivity contribution in [3.8, 4) is 0 Å². The van der Waals surface area contributed by atoms with Gasteiger partial charge in [0.1, 0.15) is 5.02 Å². The predicted molar refractivity (Wildman–Crippen MR) is 99.0 cm³/mol. The first-order valence-electron chi connectivity index (χ1n) is 8.54. The van der Waals surface area contributed by atoms with E-state index < -0.39 is 6.09 Å². The summed E-state index contributed by atoms with van der Waals surface area (Å²) in [5, 5.41) is 22.5. The predicted octanol–water partition coefficient (Wildman–Crippen LogP) is 2.99. The lowest BCUT2D eigenvalue weighted by Crippen LogP contribution is -2.37.